The minimum absolute atomic E-state index is 0.0938. The van der Waals surface area contributed by atoms with Crippen molar-refractivity contribution < 1.29 is 9.53 Å². The Morgan fingerprint density at radius 3 is 2.71 bits per heavy atom. The monoisotopic (exact) mass is 326 g/mol. The van der Waals surface area contributed by atoms with E-state index in [1.807, 2.05) is 5.43 Å². The predicted octanol–water partition coefficient (Wildman–Crippen LogP) is 2.96. The molecule has 0 spiro atoms. The molecule has 2 aromatic rings. The molecule has 0 radical (unpaired) electrons. The average Bonchev–Trinajstić information content (AvgIpc) is 2.48. The summed E-state index contributed by atoms with van der Waals surface area (Å²) in [5.41, 5.74) is 3.05. The van der Waals surface area contributed by atoms with E-state index in [9.17, 15) is 4.79 Å². The maximum Gasteiger partial charge on any atom is 0.333 e. The number of carbonyl (C=O) groups excluding carboxylic acids is 1. The molecule has 110 valence electrons. The smallest absolute Gasteiger partial charge is 0.333 e. The largest absolute Gasteiger partial charge is 0.472 e. The Labute approximate surface area is 131 Å². The quantitative estimate of drug-likeness (QED) is 0.457. The van der Waals surface area contributed by atoms with Crippen molar-refractivity contribution in [2.75, 3.05) is 5.32 Å². The molecule has 4 N–H and O–H groups in total. The van der Waals surface area contributed by atoms with Crippen molar-refractivity contribution in [2.45, 2.75) is 6.61 Å². The molecule has 0 aliphatic rings. The van der Waals surface area contributed by atoms with Crippen molar-refractivity contribution in [2.24, 2.45) is 5.84 Å². The first-order valence-corrected chi connectivity index (χ1v) is 6.65. The normalized spacial score (nSPS) is 10.0. The minimum atomic E-state index is -0.561. The van der Waals surface area contributed by atoms with Crippen LogP contribution < -0.4 is 21.3 Å². The van der Waals surface area contributed by atoms with E-state index in [1.54, 1.807) is 36.5 Å². The number of halogens is 2. The maximum absolute atomic E-state index is 11.3. The molecule has 0 fully saturated rings. The third-order valence-corrected chi connectivity index (χ3v) is 3.22. The second kappa shape index (κ2) is 7.12. The summed E-state index contributed by atoms with van der Waals surface area (Å²) in [5, 5.41) is 3.39. The second-order valence-corrected chi connectivity index (χ2v) is 4.76. The third kappa shape index (κ3) is 3.98. The number of hydrogen-bond acceptors (Lipinski definition) is 4. The van der Waals surface area contributed by atoms with Crippen LogP contribution in [-0.2, 0) is 6.61 Å². The number of amides is 2. The van der Waals surface area contributed by atoms with Gasteiger partial charge in [-0.25, -0.2) is 15.6 Å². The molecule has 1 aromatic carbocycles. The highest BCUT2D eigenvalue weighted by atomic mass is 35.5. The van der Waals surface area contributed by atoms with Gasteiger partial charge in [0.1, 0.15) is 11.6 Å². The molecule has 2 amide bonds. The lowest BCUT2D eigenvalue weighted by Crippen LogP contribution is -2.34. The molecule has 0 unspecified atom stereocenters. The van der Waals surface area contributed by atoms with Gasteiger partial charge >= 0.3 is 6.03 Å². The van der Waals surface area contributed by atoms with Gasteiger partial charge in [0, 0.05) is 16.8 Å². The predicted molar refractivity (Wildman–Crippen MR) is 81.4 cm³/mol. The summed E-state index contributed by atoms with van der Waals surface area (Å²) < 4.78 is 5.53. The van der Waals surface area contributed by atoms with Gasteiger partial charge < -0.3 is 10.1 Å². The number of nitrogens with one attached hydrogen (secondary N) is 2. The Bertz CT molecular complexity index is 652. The Kier molecular flexibility index (Phi) is 5.21. The molecule has 21 heavy (non-hydrogen) atoms. The van der Waals surface area contributed by atoms with Crippen LogP contribution in [0, 0.1) is 0 Å². The van der Waals surface area contributed by atoms with Crippen LogP contribution in [-0.4, -0.2) is 11.0 Å². The minimum Gasteiger partial charge on any atom is -0.472 e. The first-order chi connectivity index (χ1) is 10.1. The standard InChI is InChI=1S/C13H12Cl2N4O2/c14-9-3-1-5-11(18-13(20)19-16)8(9)7-21-12-10(15)4-2-6-17-12/h1-6H,7,16H2,(H2,18,19,20). The zero-order valence-corrected chi connectivity index (χ0v) is 12.3. The number of rotatable bonds is 4. The first-order valence-electron chi connectivity index (χ1n) is 5.90. The van der Waals surface area contributed by atoms with Crippen LogP contribution in [0.2, 0.25) is 10.0 Å². The summed E-state index contributed by atoms with van der Waals surface area (Å²) in [6.45, 7) is 0.0938. The van der Waals surface area contributed by atoms with E-state index in [0.717, 1.165) is 0 Å². The summed E-state index contributed by atoms with van der Waals surface area (Å²) in [4.78, 5) is 15.3. The molecule has 0 aliphatic heterocycles. The van der Waals surface area contributed by atoms with Gasteiger partial charge in [-0.2, -0.15) is 0 Å². The number of benzene rings is 1. The summed E-state index contributed by atoms with van der Waals surface area (Å²) in [6, 6.07) is 7.87. The number of pyridine rings is 1. The van der Waals surface area contributed by atoms with Gasteiger partial charge in [-0.05, 0) is 24.3 Å². The number of anilines is 1. The number of ether oxygens (including phenoxy) is 1. The van der Waals surface area contributed by atoms with Crippen molar-refractivity contribution >= 4 is 34.9 Å². The van der Waals surface area contributed by atoms with Gasteiger partial charge in [0.05, 0.1) is 5.69 Å². The molecule has 6 nitrogen and oxygen atoms in total. The van der Waals surface area contributed by atoms with Crippen LogP contribution in [0.5, 0.6) is 5.88 Å². The van der Waals surface area contributed by atoms with Gasteiger partial charge in [-0.1, -0.05) is 29.3 Å². The highest BCUT2D eigenvalue weighted by Crippen LogP contribution is 2.27. The van der Waals surface area contributed by atoms with Crippen LogP contribution in [0.15, 0.2) is 36.5 Å². The van der Waals surface area contributed by atoms with Crippen LogP contribution in [0.4, 0.5) is 10.5 Å². The van der Waals surface area contributed by atoms with Crippen LogP contribution >= 0.6 is 23.2 Å². The van der Waals surface area contributed by atoms with Crippen molar-refractivity contribution in [3.05, 3.63) is 52.1 Å². The number of carbonyl (C=O) groups is 1. The number of hydrazine groups is 1. The maximum atomic E-state index is 11.3. The van der Waals surface area contributed by atoms with E-state index in [4.69, 9.17) is 33.8 Å². The van der Waals surface area contributed by atoms with E-state index >= 15 is 0 Å². The fourth-order valence-corrected chi connectivity index (χ4v) is 2.00. The molecule has 1 aromatic heterocycles. The Morgan fingerprint density at radius 1 is 1.24 bits per heavy atom. The molecular formula is C13H12Cl2N4O2. The Balaban J connectivity index is 2.19. The van der Waals surface area contributed by atoms with Crippen LogP contribution in [0.25, 0.3) is 0 Å². The van der Waals surface area contributed by atoms with E-state index in [1.165, 1.54) is 0 Å². The summed E-state index contributed by atoms with van der Waals surface area (Å²) in [5.74, 6) is 5.32. The molecule has 0 aliphatic carbocycles. The number of hydrogen-bond donors (Lipinski definition) is 3. The summed E-state index contributed by atoms with van der Waals surface area (Å²) >= 11 is 12.1. The number of nitrogens with two attached hydrogens (primary N) is 1. The fraction of sp³-hybridized carbons (Fsp3) is 0.0769. The van der Waals surface area contributed by atoms with Gasteiger partial charge in [-0.3, -0.25) is 5.43 Å². The molecule has 0 bridgehead atoms. The number of urea groups is 1. The van der Waals surface area contributed by atoms with Crippen molar-refractivity contribution in [1.29, 1.82) is 0 Å². The topological polar surface area (TPSA) is 89.3 Å². The average molecular weight is 327 g/mol. The van der Waals surface area contributed by atoms with Crippen LogP contribution in [0.3, 0.4) is 0 Å². The van der Waals surface area contributed by atoms with Crippen LogP contribution in [0.1, 0.15) is 5.56 Å². The fourth-order valence-electron chi connectivity index (χ4n) is 1.60. The lowest BCUT2D eigenvalue weighted by atomic mass is 10.2. The van der Waals surface area contributed by atoms with Gasteiger partial charge in [-0.15, -0.1) is 0 Å². The van der Waals surface area contributed by atoms with Crippen molar-refractivity contribution in [3.63, 3.8) is 0 Å². The van der Waals surface area contributed by atoms with E-state index in [2.05, 4.69) is 10.3 Å². The van der Waals surface area contributed by atoms with Gasteiger partial charge in [0.15, 0.2) is 0 Å². The second-order valence-electron chi connectivity index (χ2n) is 3.94. The molecular weight excluding hydrogens is 315 g/mol. The number of aromatic nitrogens is 1. The van der Waals surface area contributed by atoms with Gasteiger partial charge in [0.2, 0.25) is 5.88 Å². The molecule has 0 saturated heterocycles. The van der Waals surface area contributed by atoms with E-state index < -0.39 is 6.03 Å². The van der Waals surface area contributed by atoms with Gasteiger partial charge in [0.25, 0.3) is 0 Å². The summed E-state index contributed by atoms with van der Waals surface area (Å²) in [6.07, 6.45) is 1.56. The van der Waals surface area contributed by atoms with Crippen molar-refractivity contribution in [3.8, 4) is 5.88 Å². The zero-order valence-electron chi connectivity index (χ0n) is 10.8. The highest BCUT2D eigenvalue weighted by molar-refractivity contribution is 6.32. The lowest BCUT2D eigenvalue weighted by Gasteiger charge is -2.13. The SMILES string of the molecule is NNC(=O)Nc1cccc(Cl)c1COc1ncccc1Cl. The lowest BCUT2D eigenvalue weighted by molar-refractivity contribution is 0.252. The molecule has 8 heteroatoms. The van der Waals surface area contributed by atoms with E-state index in [-0.39, 0.29) is 12.5 Å². The molecule has 0 saturated carbocycles. The summed E-state index contributed by atoms with van der Waals surface area (Å²) in [7, 11) is 0. The first kappa shape index (κ1) is 15.4. The van der Waals surface area contributed by atoms with Crippen molar-refractivity contribution in [1.82, 2.24) is 10.4 Å². The number of nitrogens with zero attached hydrogens (tertiary/aromatic N) is 1. The highest BCUT2D eigenvalue weighted by Gasteiger charge is 2.11. The zero-order chi connectivity index (χ0) is 15.2. The molecule has 2 rings (SSSR count). The van der Waals surface area contributed by atoms with E-state index in [0.29, 0.717) is 21.3 Å². The third-order valence-electron chi connectivity index (χ3n) is 2.58. The molecule has 0 atom stereocenters. The Morgan fingerprint density at radius 2 is 2.00 bits per heavy atom. The molecule has 1 heterocycles. The Hall–Kier alpha value is -2.02.